The molecule has 1 heterocycles. The topological polar surface area (TPSA) is 28.2 Å². The van der Waals surface area contributed by atoms with Crippen LogP contribution in [0, 0.1) is 5.92 Å². The molecule has 108 valence electrons. The highest BCUT2D eigenvalue weighted by molar-refractivity contribution is 5.53. The molecule has 0 aliphatic carbocycles. The molecule has 0 atom stereocenters. The second-order valence-corrected chi connectivity index (χ2v) is 5.82. The number of hydrogen-bond acceptors (Lipinski definition) is 3. The Morgan fingerprint density at radius 1 is 1.26 bits per heavy atom. The molecule has 0 fully saturated rings. The van der Waals surface area contributed by atoms with Gasteiger partial charge in [0.05, 0.1) is 0 Å². The molecule has 0 spiro atoms. The normalized spacial score (nSPS) is 11.3. The van der Waals surface area contributed by atoms with Crippen LogP contribution < -0.4 is 10.2 Å². The van der Waals surface area contributed by atoms with Crippen LogP contribution in [0.5, 0.6) is 0 Å². The fourth-order valence-electron chi connectivity index (χ4n) is 2.22. The van der Waals surface area contributed by atoms with Gasteiger partial charge in [0.15, 0.2) is 0 Å². The zero-order chi connectivity index (χ0) is 14.3. The van der Waals surface area contributed by atoms with Crippen molar-refractivity contribution in [1.29, 1.82) is 0 Å². The van der Waals surface area contributed by atoms with Gasteiger partial charge in [-0.15, -0.1) is 0 Å². The summed E-state index contributed by atoms with van der Waals surface area (Å²) in [5, 5.41) is 3.47. The van der Waals surface area contributed by atoms with Crippen molar-refractivity contribution in [3.8, 4) is 0 Å². The Labute approximate surface area is 118 Å². The van der Waals surface area contributed by atoms with Crippen molar-refractivity contribution in [2.45, 2.75) is 53.6 Å². The van der Waals surface area contributed by atoms with Crippen molar-refractivity contribution in [3.05, 3.63) is 24.0 Å². The highest BCUT2D eigenvalue weighted by Gasteiger charge is 2.15. The predicted octanol–water partition coefficient (Wildman–Crippen LogP) is 3.45. The van der Waals surface area contributed by atoms with Gasteiger partial charge in [-0.25, -0.2) is 0 Å². The van der Waals surface area contributed by atoms with E-state index in [0.29, 0.717) is 12.0 Å². The van der Waals surface area contributed by atoms with Crippen LogP contribution in [0.2, 0.25) is 0 Å². The lowest BCUT2D eigenvalue weighted by Crippen LogP contribution is -2.35. The van der Waals surface area contributed by atoms with E-state index in [1.807, 2.05) is 12.4 Å². The molecule has 3 nitrogen and oxygen atoms in total. The minimum absolute atomic E-state index is 0.509. The van der Waals surface area contributed by atoms with Gasteiger partial charge in [0.1, 0.15) is 0 Å². The first kappa shape index (κ1) is 16.0. The van der Waals surface area contributed by atoms with E-state index in [9.17, 15) is 0 Å². The van der Waals surface area contributed by atoms with Gasteiger partial charge in [-0.1, -0.05) is 20.8 Å². The lowest BCUT2D eigenvalue weighted by Gasteiger charge is -2.32. The highest BCUT2D eigenvalue weighted by Crippen LogP contribution is 2.22. The Hall–Kier alpha value is -1.09. The number of aromatic nitrogens is 1. The number of hydrogen-bond donors (Lipinski definition) is 1. The summed E-state index contributed by atoms with van der Waals surface area (Å²) in [6.07, 6.45) is 5.05. The molecule has 0 aliphatic rings. The van der Waals surface area contributed by atoms with Gasteiger partial charge in [-0.05, 0) is 38.8 Å². The number of rotatable bonds is 8. The van der Waals surface area contributed by atoms with Crippen molar-refractivity contribution in [2.24, 2.45) is 5.92 Å². The molecular formula is C16H29N3. The van der Waals surface area contributed by atoms with Crippen LogP contribution in [0.3, 0.4) is 0 Å². The minimum Gasteiger partial charge on any atom is -0.368 e. The maximum atomic E-state index is 4.28. The van der Waals surface area contributed by atoms with Crippen LogP contribution in [0.4, 0.5) is 5.69 Å². The van der Waals surface area contributed by atoms with Crippen molar-refractivity contribution >= 4 is 5.69 Å². The molecule has 1 aromatic rings. The second-order valence-electron chi connectivity index (χ2n) is 5.82. The summed E-state index contributed by atoms with van der Waals surface area (Å²) in [4.78, 5) is 6.76. The largest absolute Gasteiger partial charge is 0.368 e. The third-order valence-corrected chi connectivity index (χ3v) is 3.11. The summed E-state index contributed by atoms with van der Waals surface area (Å²) in [5.74, 6) is 0.659. The van der Waals surface area contributed by atoms with Gasteiger partial charge < -0.3 is 10.2 Å². The fourth-order valence-corrected chi connectivity index (χ4v) is 2.22. The quantitative estimate of drug-likeness (QED) is 0.728. The first-order valence-electron chi connectivity index (χ1n) is 7.46. The highest BCUT2D eigenvalue weighted by atomic mass is 15.2. The fraction of sp³-hybridized carbons (Fsp3) is 0.688. The number of nitrogens with zero attached hydrogens (tertiary/aromatic N) is 2. The average Bonchev–Trinajstić information content (AvgIpc) is 2.36. The summed E-state index contributed by atoms with van der Waals surface area (Å²) in [5.41, 5.74) is 2.62. The van der Waals surface area contributed by atoms with E-state index >= 15 is 0 Å². The van der Waals surface area contributed by atoms with Gasteiger partial charge in [0.2, 0.25) is 0 Å². The van der Waals surface area contributed by atoms with E-state index in [0.717, 1.165) is 26.1 Å². The van der Waals surface area contributed by atoms with Crippen LogP contribution in [-0.2, 0) is 6.54 Å². The first-order chi connectivity index (χ1) is 9.06. The number of anilines is 1. The zero-order valence-corrected chi connectivity index (χ0v) is 13.1. The van der Waals surface area contributed by atoms with Crippen molar-refractivity contribution in [2.75, 3.05) is 18.0 Å². The molecule has 0 bridgehead atoms. The smallest absolute Gasteiger partial charge is 0.0445 e. The summed E-state index contributed by atoms with van der Waals surface area (Å²) < 4.78 is 0. The summed E-state index contributed by atoms with van der Waals surface area (Å²) >= 11 is 0. The third kappa shape index (κ3) is 5.19. The molecule has 0 amide bonds. The Morgan fingerprint density at radius 3 is 2.58 bits per heavy atom. The van der Waals surface area contributed by atoms with Crippen LogP contribution in [0.25, 0.3) is 0 Å². The van der Waals surface area contributed by atoms with Crippen molar-refractivity contribution in [3.63, 3.8) is 0 Å². The lowest BCUT2D eigenvalue weighted by molar-refractivity contribution is 0.567. The Balaban J connectivity index is 2.88. The monoisotopic (exact) mass is 263 g/mol. The molecule has 0 radical (unpaired) electrons. The maximum Gasteiger partial charge on any atom is 0.0445 e. The molecule has 0 saturated carbocycles. The molecule has 1 N–H and O–H groups in total. The van der Waals surface area contributed by atoms with Gasteiger partial charge in [0.25, 0.3) is 0 Å². The summed E-state index contributed by atoms with van der Waals surface area (Å²) in [6.45, 7) is 14.3. The van der Waals surface area contributed by atoms with Gasteiger partial charge in [-0.2, -0.15) is 0 Å². The Bertz CT molecular complexity index is 361. The van der Waals surface area contributed by atoms with E-state index in [4.69, 9.17) is 0 Å². The molecule has 0 aromatic carbocycles. The van der Waals surface area contributed by atoms with Gasteiger partial charge in [-0.3, -0.25) is 4.98 Å². The molecule has 3 heteroatoms. The average molecular weight is 263 g/mol. The van der Waals surface area contributed by atoms with E-state index < -0.39 is 0 Å². The van der Waals surface area contributed by atoms with Gasteiger partial charge in [0, 0.05) is 42.8 Å². The molecule has 0 saturated heterocycles. The minimum atomic E-state index is 0.509. The van der Waals surface area contributed by atoms with Crippen LogP contribution in [-0.4, -0.2) is 24.1 Å². The van der Waals surface area contributed by atoms with Crippen LogP contribution in [0.15, 0.2) is 18.5 Å². The summed E-state index contributed by atoms with van der Waals surface area (Å²) in [6, 6.07) is 2.65. The van der Waals surface area contributed by atoms with E-state index in [-0.39, 0.29) is 0 Å². The molecular weight excluding hydrogens is 234 g/mol. The zero-order valence-electron chi connectivity index (χ0n) is 13.1. The van der Waals surface area contributed by atoms with E-state index in [2.05, 4.69) is 55.9 Å². The predicted molar refractivity (Wildman–Crippen MR) is 83.6 cm³/mol. The van der Waals surface area contributed by atoms with E-state index in [1.165, 1.54) is 11.3 Å². The Morgan fingerprint density at radius 2 is 2.00 bits per heavy atom. The van der Waals surface area contributed by atoms with Crippen molar-refractivity contribution in [1.82, 2.24) is 10.3 Å². The third-order valence-electron chi connectivity index (χ3n) is 3.11. The first-order valence-corrected chi connectivity index (χ1v) is 7.46. The van der Waals surface area contributed by atoms with E-state index in [1.54, 1.807) is 0 Å². The van der Waals surface area contributed by atoms with Crippen LogP contribution in [0.1, 0.15) is 46.6 Å². The van der Waals surface area contributed by atoms with Crippen molar-refractivity contribution < 1.29 is 0 Å². The maximum absolute atomic E-state index is 4.28. The second kappa shape index (κ2) is 8.16. The van der Waals surface area contributed by atoms with Crippen LogP contribution >= 0.6 is 0 Å². The molecule has 1 aromatic heterocycles. The molecule has 0 aliphatic heterocycles. The molecule has 1 rings (SSSR count). The SMILES string of the molecule is CCCNCc1cnccc1N(CC(C)C)C(C)C. The molecule has 0 unspecified atom stereocenters. The molecule has 19 heavy (non-hydrogen) atoms. The number of pyridine rings is 1. The Kier molecular flexibility index (Phi) is 6.85. The standard InChI is InChI=1S/C16H29N3/c1-6-8-17-10-15-11-18-9-7-16(15)19(14(4)5)12-13(2)3/h7,9,11,13-14,17H,6,8,10,12H2,1-5H3. The lowest BCUT2D eigenvalue weighted by atomic mass is 10.1. The number of nitrogens with one attached hydrogen (secondary N) is 1. The summed E-state index contributed by atoms with van der Waals surface area (Å²) in [7, 11) is 0. The van der Waals surface area contributed by atoms with Gasteiger partial charge >= 0.3 is 0 Å².